The largest absolute Gasteiger partial charge is 0.493 e. The molecule has 2 aromatic rings. The minimum Gasteiger partial charge on any atom is -0.493 e. The summed E-state index contributed by atoms with van der Waals surface area (Å²) in [6, 6.07) is 11.8. The smallest absolute Gasteiger partial charge is 0.339 e. The summed E-state index contributed by atoms with van der Waals surface area (Å²) in [4.78, 5) is 25.6. The van der Waals surface area contributed by atoms with Crippen LogP contribution in [0.15, 0.2) is 53.7 Å². The predicted octanol–water partition coefficient (Wildman–Crippen LogP) is 4.23. The van der Waals surface area contributed by atoms with E-state index in [0.29, 0.717) is 33.6 Å². The highest BCUT2D eigenvalue weighted by Crippen LogP contribution is 2.36. The highest BCUT2D eigenvalue weighted by Gasteiger charge is 2.31. The van der Waals surface area contributed by atoms with Gasteiger partial charge in [0.2, 0.25) is 0 Å². The molecule has 2 aromatic carbocycles. The van der Waals surface area contributed by atoms with Gasteiger partial charge in [-0.15, -0.1) is 0 Å². The molecule has 35 heavy (non-hydrogen) atoms. The Bertz CT molecular complexity index is 1170. The molecule has 3 N–H and O–H groups in total. The molecular weight excluding hydrogens is 466 g/mol. The lowest BCUT2D eigenvalue weighted by Crippen LogP contribution is -2.45. The van der Waals surface area contributed by atoms with Crippen molar-refractivity contribution in [3.63, 3.8) is 0 Å². The van der Waals surface area contributed by atoms with Crippen LogP contribution in [-0.2, 0) is 9.53 Å². The first-order valence-corrected chi connectivity index (χ1v) is 11.9. The number of hydrogen-bond acceptors (Lipinski definition) is 6. The number of benzene rings is 2. The monoisotopic (exact) mass is 495 g/mol. The van der Waals surface area contributed by atoms with E-state index < -0.39 is 12.0 Å². The van der Waals surface area contributed by atoms with Gasteiger partial charge >= 0.3 is 5.97 Å². The molecule has 1 heterocycles. The molecule has 1 fully saturated rings. The van der Waals surface area contributed by atoms with E-state index in [1.165, 1.54) is 20.0 Å². The molecule has 1 aliphatic heterocycles. The summed E-state index contributed by atoms with van der Waals surface area (Å²) in [6.45, 7) is 1.79. The van der Waals surface area contributed by atoms with Gasteiger partial charge in [0, 0.05) is 5.70 Å². The molecule has 184 valence electrons. The fourth-order valence-electron chi connectivity index (χ4n) is 4.46. The van der Waals surface area contributed by atoms with Crippen LogP contribution in [0.4, 0.5) is 5.69 Å². The standard InChI is InChI=1S/C26H29N3O5S/c1-15-22(24(30)28-19-11-7-6-10-18(19)25(31)33-3)23(29-26(35)27-15)16-12-13-20(21(14-16)32-2)34-17-8-4-5-9-17/h6-7,10-14,17,23H,4-5,8-9H2,1-3H3,(H,28,30)(H2,27,29,35)/t23-/m1/s1. The number of nitrogens with one attached hydrogen (secondary N) is 3. The zero-order valence-corrected chi connectivity index (χ0v) is 20.8. The molecule has 8 nitrogen and oxygen atoms in total. The Morgan fingerprint density at radius 1 is 1.06 bits per heavy atom. The van der Waals surface area contributed by atoms with E-state index in [-0.39, 0.29) is 17.6 Å². The molecule has 0 radical (unpaired) electrons. The van der Waals surface area contributed by atoms with Crippen LogP contribution in [0.5, 0.6) is 11.5 Å². The van der Waals surface area contributed by atoms with Crippen LogP contribution < -0.4 is 25.4 Å². The van der Waals surface area contributed by atoms with Crippen molar-refractivity contribution in [2.45, 2.75) is 44.8 Å². The van der Waals surface area contributed by atoms with Crippen molar-refractivity contribution in [2.75, 3.05) is 19.5 Å². The quantitative estimate of drug-likeness (QED) is 0.388. The van der Waals surface area contributed by atoms with Crippen LogP contribution in [0.2, 0.25) is 0 Å². The number of amides is 1. The third-order valence-electron chi connectivity index (χ3n) is 6.21. The number of carbonyl (C=O) groups excluding carboxylic acids is 2. The molecule has 0 spiro atoms. The molecule has 4 rings (SSSR count). The molecular formula is C26H29N3O5S. The molecule has 1 amide bonds. The van der Waals surface area contributed by atoms with Gasteiger partial charge in [-0.2, -0.15) is 0 Å². The van der Waals surface area contributed by atoms with Crippen LogP contribution in [0, 0.1) is 0 Å². The average Bonchev–Trinajstić information content (AvgIpc) is 3.36. The second kappa shape index (κ2) is 10.8. The minimum atomic E-state index is -0.538. The second-order valence-electron chi connectivity index (χ2n) is 8.50. The highest BCUT2D eigenvalue weighted by molar-refractivity contribution is 7.80. The van der Waals surface area contributed by atoms with E-state index in [9.17, 15) is 9.59 Å². The number of rotatable bonds is 7. The van der Waals surface area contributed by atoms with E-state index in [1.54, 1.807) is 38.3 Å². The Balaban J connectivity index is 1.64. The summed E-state index contributed by atoms with van der Waals surface area (Å²) in [5.74, 6) is 0.357. The molecule has 0 bridgehead atoms. The first kappa shape index (κ1) is 24.5. The maximum absolute atomic E-state index is 13.5. The SMILES string of the molecule is COC(=O)c1ccccc1NC(=O)C1=C(C)NC(=S)N[C@@H]1c1ccc(OC2CCCC2)c(OC)c1. The van der Waals surface area contributed by atoms with Gasteiger partial charge in [0.05, 0.1) is 43.2 Å². The van der Waals surface area contributed by atoms with E-state index in [1.807, 2.05) is 18.2 Å². The zero-order chi connectivity index (χ0) is 24.9. The highest BCUT2D eigenvalue weighted by atomic mass is 32.1. The molecule has 0 saturated heterocycles. The van der Waals surface area contributed by atoms with Crippen molar-refractivity contribution in [1.29, 1.82) is 0 Å². The number of thiocarbonyl (C=S) groups is 1. The van der Waals surface area contributed by atoms with Gasteiger partial charge in [0.1, 0.15) is 0 Å². The maximum Gasteiger partial charge on any atom is 0.339 e. The lowest BCUT2D eigenvalue weighted by molar-refractivity contribution is -0.113. The normalized spacial score (nSPS) is 17.9. The fraction of sp³-hybridized carbons (Fsp3) is 0.346. The summed E-state index contributed by atoms with van der Waals surface area (Å²) < 4.78 is 16.6. The van der Waals surface area contributed by atoms with Gasteiger partial charge < -0.3 is 30.2 Å². The van der Waals surface area contributed by atoms with E-state index >= 15 is 0 Å². The number of ether oxygens (including phenoxy) is 3. The first-order chi connectivity index (χ1) is 16.9. The van der Waals surface area contributed by atoms with Gasteiger partial charge in [0.25, 0.3) is 5.91 Å². The van der Waals surface area contributed by atoms with Gasteiger partial charge in [0.15, 0.2) is 16.6 Å². The lowest BCUT2D eigenvalue weighted by atomic mass is 9.94. The van der Waals surface area contributed by atoms with E-state index in [4.69, 9.17) is 26.4 Å². The van der Waals surface area contributed by atoms with E-state index in [2.05, 4.69) is 16.0 Å². The summed E-state index contributed by atoms with van der Waals surface area (Å²) in [7, 11) is 2.90. The molecule has 1 atom stereocenters. The maximum atomic E-state index is 13.5. The topological polar surface area (TPSA) is 97.9 Å². The molecule has 0 unspecified atom stereocenters. The number of carbonyl (C=O) groups is 2. The Labute approximate surface area is 210 Å². The molecule has 1 saturated carbocycles. The number of anilines is 1. The average molecular weight is 496 g/mol. The number of esters is 1. The third kappa shape index (κ3) is 5.40. The van der Waals surface area contributed by atoms with E-state index in [0.717, 1.165) is 18.4 Å². The second-order valence-corrected chi connectivity index (χ2v) is 8.90. The molecule has 0 aromatic heterocycles. The Kier molecular flexibility index (Phi) is 7.55. The van der Waals surface area contributed by atoms with Crippen molar-refractivity contribution in [1.82, 2.24) is 10.6 Å². The third-order valence-corrected chi connectivity index (χ3v) is 6.43. The van der Waals surface area contributed by atoms with Crippen molar-refractivity contribution >= 4 is 34.9 Å². The van der Waals surface area contributed by atoms with Crippen LogP contribution in [0.25, 0.3) is 0 Å². The zero-order valence-electron chi connectivity index (χ0n) is 20.0. The van der Waals surface area contributed by atoms with Crippen LogP contribution in [-0.4, -0.2) is 37.3 Å². The van der Waals surface area contributed by atoms with Crippen molar-refractivity contribution in [3.8, 4) is 11.5 Å². The van der Waals surface area contributed by atoms with Crippen LogP contribution in [0.3, 0.4) is 0 Å². The number of para-hydroxylation sites is 1. The first-order valence-electron chi connectivity index (χ1n) is 11.5. The van der Waals surface area contributed by atoms with Crippen LogP contribution >= 0.6 is 12.2 Å². The molecule has 1 aliphatic carbocycles. The minimum absolute atomic E-state index is 0.192. The lowest BCUT2D eigenvalue weighted by Gasteiger charge is -2.31. The predicted molar refractivity (Wildman–Crippen MR) is 137 cm³/mol. The van der Waals surface area contributed by atoms with Crippen LogP contribution in [0.1, 0.15) is 54.6 Å². The van der Waals surface area contributed by atoms with Crippen molar-refractivity contribution in [2.24, 2.45) is 0 Å². The van der Waals surface area contributed by atoms with Crippen molar-refractivity contribution in [3.05, 3.63) is 64.9 Å². The van der Waals surface area contributed by atoms with Gasteiger partial charge in [-0.1, -0.05) is 18.2 Å². The Morgan fingerprint density at radius 2 is 1.80 bits per heavy atom. The summed E-state index contributed by atoms with van der Waals surface area (Å²) in [6.07, 6.45) is 4.60. The summed E-state index contributed by atoms with van der Waals surface area (Å²) in [5, 5.41) is 9.47. The van der Waals surface area contributed by atoms with Gasteiger partial charge in [-0.3, -0.25) is 4.79 Å². The molecule has 2 aliphatic rings. The van der Waals surface area contributed by atoms with Gasteiger partial charge in [-0.05, 0) is 74.7 Å². The fourth-order valence-corrected chi connectivity index (χ4v) is 4.73. The summed E-state index contributed by atoms with van der Waals surface area (Å²) >= 11 is 5.38. The van der Waals surface area contributed by atoms with Gasteiger partial charge in [-0.25, -0.2) is 4.79 Å². The number of methoxy groups -OCH3 is 2. The molecule has 9 heteroatoms. The Hall–Kier alpha value is -3.59. The summed E-state index contributed by atoms with van der Waals surface area (Å²) in [5.41, 5.74) is 2.45. The van der Waals surface area contributed by atoms with Crippen molar-refractivity contribution < 1.29 is 23.8 Å². The number of hydrogen-bond donors (Lipinski definition) is 3. The Morgan fingerprint density at radius 3 is 2.51 bits per heavy atom. The number of allylic oxidation sites excluding steroid dienone is 1.